The van der Waals surface area contributed by atoms with Crippen LogP contribution in [0, 0.1) is 0 Å². The number of carbonyl (C=O) groups is 1. The minimum absolute atomic E-state index is 0.153. The standard InChI is InChI=1S/C13H21N3O3S/c1-13(2,14)8-7-12(17)15-10-5-4-6-11(9-10)16-20(3,18)19/h4-6,9,16H,7-8,14H2,1-3H3,(H,15,17). The maximum absolute atomic E-state index is 11.8. The molecule has 1 aromatic rings. The number of sulfonamides is 1. The molecule has 0 bridgehead atoms. The summed E-state index contributed by atoms with van der Waals surface area (Å²) < 4.78 is 24.6. The molecule has 1 aromatic carbocycles. The Balaban J connectivity index is 2.64. The van der Waals surface area contributed by atoms with Crippen LogP contribution in [-0.2, 0) is 14.8 Å². The first-order valence-electron chi connectivity index (χ1n) is 6.22. The fourth-order valence-corrected chi connectivity index (χ4v) is 2.09. The highest BCUT2D eigenvalue weighted by Crippen LogP contribution is 2.17. The molecule has 0 radical (unpaired) electrons. The summed E-state index contributed by atoms with van der Waals surface area (Å²) in [6.07, 6.45) is 1.95. The monoisotopic (exact) mass is 299 g/mol. The van der Waals surface area contributed by atoms with Crippen LogP contribution in [-0.4, -0.2) is 26.1 Å². The van der Waals surface area contributed by atoms with E-state index in [0.29, 0.717) is 24.2 Å². The second-order valence-corrected chi connectivity index (χ2v) is 7.24. The quantitative estimate of drug-likeness (QED) is 0.741. The molecule has 0 aliphatic rings. The van der Waals surface area contributed by atoms with E-state index in [4.69, 9.17) is 5.73 Å². The smallest absolute Gasteiger partial charge is 0.229 e. The molecule has 1 amide bonds. The lowest BCUT2D eigenvalue weighted by Gasteiger charge is -2.17. The number of rotatable bonds is 6. The molecule has 0 atom stereocenters. The van der Waals surface area contributed by atoms with Crippen molar-refractivity contribution in [2.75, 3.05) is 16.3 Å². The Morgan fingerprint density at radius 2 is 1.90 bits per heavy atom. The lowest BCUT2D eigenvalue weighted by atomic mass is 10.00. The Bertz CT molecular complexity index is 577. The molecule has 0 spiro atoms. The summed E-state index contributed by atoms with van der Waals surface area (Å²) in [7, 11) is -3.33. The minimum Gasteiger partial charge on any atom is -0.326 e. The number of benzene rings is 1. The summed E-state index contributed by atoms with van der Waals surface area (Å²) in [5, 5.41) is 2.71. The van der Waals surface area contributed by atoms with Gasteiger partial charge in [0.15, 0.2) is 0 Å². The van der Waals surface area contributed by atoms with Gasteiger partial charge in [0, 0.05) is 17.6 Å². The summed E-state index contributed by atoms with van der Waals surface area (Å²) in [6.45, 7) is 3.72. The predicted octanol–water partition coefficient (Wildman–Crippen LogP) is 1.51. The molecule has 112 valence electrons. The normalized spacial score (nSPS) is 12.0. The number of hydrogen-bond acceptors (Lipinski definition) is 4. The number of nitrogens with one attached hydrogen (secondary N) is 2. The number of amides is 1. The third-order valence-electron chi connectivity index (χ3n) is 2.45. The molecule has 0 aromatic heterocycles. The minimum atomic E-state index is -3.33. The van der Waals surface area contributed by atoms with Gasteiger partial charge in [-0.3, -0.25) is 9.52 Å². The van der Waals surface area contributed by atoms with E-state index < -0.39 is 15.6 Å². The SMILES string of the molecule is CC(C)(N)CCC(=O)Nc1cccc(NS(C)(=O)=O)c1. The zero-order valence-corrected chi connectivity index (χ0v) is 12.8. The van der Waals surface area contributed by atoms with Crippen LogP contribution in [0.15, 0.2) is 24.3 Å². The van der Waals surface area contributed by atoms with Gasteiger partial charge in [0.1, 0.15) is 0 Å². The molecule has 6 nitrogen and oxygen atoms in total. The van der Waals surface area contributed by atoms with E-state index in [1.165, 1.54) is 0 Å². The molecule has 4 N–H and O–H groups in total. The van der Waals surface area contributed by atoms with Crippen molar-refractivity contribution >= 4 is 27.3 Å². The molecular formula is C13H21N3O3S. The predicted molar refractivity (Wildman–Crippen MR) is 81.0 cm³/mol. The highest BCUT2D eigenvalue weighted by Gasteiger charge is 2.13. The molecule has 20 heavy (non-hydrogen) atoms. The van der Waals surface area contributed by atoms with Gasteiger partial charge in [0.25, 0.3) is 0 Å². The van der Waals surface area contributed by atoms with Gasteiger partial charge in [0.05, 0.1) is 11.9 Å². The van der Waals surface area contributed by atoms with Crippen LogP contribution in [0.3, 0.4) is 0 Å². The van der Waals surface area contributed by atoms with Crippen LogP contribution < -0.4 is 15.8 Å². The molecule has 0 fully saturated rings. The highest BCUT2D eigenvalue weighted by atomic mass is 32.2. The van der Waals surface area contributed by atoms with E-state index in [0.717, 1.165) is 6.26 Å². The summed E-state index contributed by atoms with van der Waals surface area (Å²) in [6, 6.07) is 6.53. The first-order valence-corrected chi connectivity index (χ1v) is 8.11. The third-order valence-corrected chi connectivity index (χ3v) is 3.05. The van der Waals surface area contributed by atoms with Gasteiger partial charge in [-0.15, -0.1) is 0 Å². The fraction of sp³-hybridized carbons (Fsp3) is 0.462. The van der Waals surface area contributed by atoms with Crippen LogP contribution in [0.5, 0.6) is 0 Å². The van der Waals surface area contributed by atoms with E-state index in [-0.39, 0.29) is 5.91 Å². The van der Waals surface area contributed by atoms with Crippen molar-refractivity contribution in [2.45, 2.75) is 32.2 Å². The summed E-state index contributed by atoms with van der Waals surface area (Å²) >= 11 is 0. The number of anilines is 2. The fourth-order valence-electron chi connectivity index (χ4n) is 1.53. The largest absolute Gasteiger partial charge is 0.326 e. The van der Waals surface area contributed by atoms with Gasteiger partial charge in [0.2, 0.25) is 15.9 Å². The Labute approximate surface area is 119 Å². The molecule has 7 heteroatoms. The summed E-state index contributed by atoms with van der Waals surface area (Å²) in [5.74, 6) is -0.153. The zero-order valence-electron chi connectivity index (χ0n) is 11.9. The molecule has 1 rings (SSSR count). The first-order chi connectivity index (χ1) is 9.05. The number of carbonyl (C=O) groups excluding carboxylic acids is 1. The van der Waals surface area contributed by atoms with Gasteiger partial charge < -0.3 is 11.1 Å². The second kappa shape index (κ2) is 6.23. The Hall–Kier alpha value is -1.60. The van der Waals surface area contributed by atoms with Crippen LogP contribution >= 0.6 is 0 Å². The lowest BCUT2D eigenvalue weighted by Crippen LogP contribution is -2.33. The van der Waals surface area contributed by atoms with E-state index in [1.807, 2.05) is 13.8 Å². The second-order valence-electron chi connectivity index (χ2n) is 5.49. The van der Waals surface area contributed by atoms with Crippen LogP contribution in [0.1, 0.15) is 26.7 Å². The maximum atomic E-state index is 11.8. The van der Waals surface area contributed by atoms with E-state index >= 15 is 0 Å². The Kier molecular flexibility index (Phi) is 5.13. The number of nitrogens with two attached hydrogens (primary N) is 1. The van der Waals surface area contributed by atoms with E-state index in [2.05, 4.69) is 10.0 Å². The van der Waals surface area contributed by atoms with Gasteiger partial charge in [-0.1, -0.05) is 6.07 Å². The number of hydrogen-bond donors (Lipinski definition) is 3. The van der Waals surface area contributed by atoms with Crippen LogP contribution in [0.25, 0.3) is 0 Å². The van der Waals surface area contributed by atoms with Gasteiger partial charge in [-0.05, 0) is 38.5 Å². The van der Waals surface area contributed by atoms with Crippen molar-refractivity contribution in [3.63, 3.8) is 0 Å². The van der Waals surface area contributed by atoms with E-state index in [1.54, 1.807) is 24.3 Å². The van der Waals surface area contributed by atoms with Gasteiger partial charge >= 0.3 is 0 Å². The van der Waals surface area contributed by atoms with Crippen molar-refractivity contribution in [2.24, 2.45) is 5.73 Å². The molecule has 0 aliphatic heterocycles. The lowest BCUT2D eigenvalue weighted by molar-refractivity contribution is -0.116. The molecule has 0 aliphatic carbocycles. The Morgan fingerprint density at radius 3 is 2.45 bits per heavy atom. The van der Waals surface area contributed by atoms with Crippen molar-refractivity contribution in [1.29, 1.82) is 0 Å². The van der Waals surface area contributed by atoms with Gasteiger partial charge in [-0.2, -0.15) is 0 Å². The molecular weight excluding hydrogens is 278 g/mol. The third kappa shape index (κ3) is 7.10. The van der Waals surface area contributed by atoms with E-state index in [9.17, 15) is 13.2 Å². The Morgan fingerprint density at radius 1 is 1.30 bits per heavy atom. The highest BCUT2D eigenvalue weighted by molar-refractivity contribution is 7.92. The average molecular weight is 299 g/mol. The maximum Gasteiger partial charge on any atom is 0.229 e. The molecule has 0 saturated heterocycles. The first kappa shape index (κ1) is 16.5. The van der Waals surface area contributed by atoms with Gasteiger partial charge in [-0.25, -0.2) is 8.42 Å². The summed E-state index contributed by atoms with van der Waals surface area (Å²) in [5.41, 5.74) is 6.37. The molecule has 0 heterocycles. The summed E-state index contributed by atoms with van der Waals surface area (Å²) in [4.78, 5) is 11.8. The van der Waals surface area contributed by atoms with Crippen molar-refractivity contribution in [3.05, 3.63) is 24.3 Å². The van der Waals surface area contributed by atoms with Crippen LogP contribution in [0.4, 0.5) is 11.4 Å². The van der Waals surface area contributed by atoms with Crippen LogP contribution in [0.2, 0.25) is 0 Å². The van der Waals surface area contributed by atoms with Crippen molar-refractivity contribution in [1.82, 2.24) is 0 Å². The topological polar surface area (TPSA) is 101 Å². The molecule has 0 saturated carbocycles. The van der Waals surface area contributed by atoms with Crippen molar-refractivity contribution < 1.29 is 13.2 Å². The molecule has 0 unspecified atom stereocenters. The van der Waals surface area contributed by atoms with Crippen molar-refractivity contribution in [3.8, 4) is 0 Å². The average Bonchev–Trinajstić information content (AvgIpc) is 2.23. The zero-order chi connectivity index (χ0) is 15.4.